The Morgan fingerprint density at radius 3 is 2.66 bits per heavy atom. The van der Waals surface area contributed by atoms with E-state index >= 15 is 0 Å². The monoisotopic (exact) mass is 404 g/mol. The van der Waals surface area contributed by atoms with Crippen LogP contribution >= 0.6 is 11.9 Å². The van der Waals surface area contributed by atoms with Crippen LogP contribution in [0.15, 0.2) is 82.3 Å². The summed E-state index contributed by atoms with van der Waals surface area (Å²) < 4.78 is 2.09. The third-order valence-electron chi connectivity index (χ3n) is 5.06. The first-order valence-electron chi connectivity index (χ1n) is 9.88. The topological polar surface area (TPSA) is 55.8 Å². The molecule has 0 amide bonds. The molecular formula is C22H24N6S. The third kappa shape index (κ3) is 4.07. The highest BCUT2D eigenvalue weighted by Gasteiger charge is 2.38. The Kier molecular flexibility index (Phi) is 4.87. The molecule has 1 aromatic heterocycles. The molecule has 1 aliphatic carbocycles. The summed E-state index contributed by atoms with van der Waals surface area (Å²) in [5.74, 6) is 2.61. The number of aliphatic imine (C=N–C) groups is 1. The van der Waals surface area contributed by atoms with Crippen molar-refractivity contribution in [2.24, 2.45) is 10.9 Å². The first-order valence-corrected chi connectivity index (χ1v) is 10.7. The van der Waals surface area contributed by atoms with Gasteiger partial charge in [0, 0.05) is 22.9 Å². The van der Waals surface area contributed by atoms with E-state index in [0.29, 0.717) is 12.0 Å². The summed E-state index contributed by atoms with van der Waals surface area (Å²) in [6.07, 6.45) is 8.67. The van der Waals surface area contributed by atoms with Crippen LogP contribution in [-0.4, -0.2) is 40.1 Å². The van der Waals surface area contributed by atoms with Crippen molar-refractivity contribution >= 4 is 23.3 Å². The van der Waals surface area contributed by atoms with Gasteiger partial charge in [0.05, 0.1) is 17.4 Å². The van der Waals surface area contributed by atoms with Crippen molar-refractivity contribution in [1.82, 2.24) is 19.7 Å². The summed E-state index contributed by atoms with van der Waals surface area (Å²) >= 11 is 1.71. The zero-order valence-corrected chi connectivity index (χ0v) is 17.4. The SMILES string of the molecule is CN(C)Sc1ccc(NC2=CC(c3ccccn3)=NC3=CC(C4CC4)NN32)cc1. The Bertz CT molecular complexity index is 976. The zero-order valence-electron chi connectivity index (χ0n) is 16.5. The van der Waals surface area contributed by atoms with Crippen molar-refractivity contribution < 1.29 is 0 Å². The molecule has 3 aliphatic rings. The van der Waals surface area contributed by atoms with Gasteiger partial charge in [0.15, 0.2) is 0 Å². The van der Waals surface area contributed by atoms with Gasteiger partial charge in [-0.05, 0) is 87.3 Å². The summed E-state index contributed by atoms with van der Waals surface area (Å²) in [5, 5.41) is 5.63. The maximum Gasteiger partial charge on any atom is 0.147 e. The van der Waals surface area contributed by atoms with Gasteiger partial charge in [0.1, 0.15) is 11.6 Å². The molecule has 0 saturated heterocycles. The molecule has 6 nitrogen and oxygen atoms in total. The second kappa shape index (κ2) is 7.67. The molecule has 1 aromatic carbocycles. The largest absolute Gasteiger partial charge is 0.340 e. The number of rotatable bonds is 6. The highest BCUT2D eigenvalue weighted by Crippen LogP contribution is 2.38. The van der Waals surface area contributed by atoms with E-state index in [2.05, 4.69) is 61.5 Å². The molecule has 0 radical (unpaired) electrons. The number of hydrogen-bond acceptors (Lipinski definition) is 7. The predicted octanol–water partition coefficient (Wildman–Crippen LogP) is 3.85. The Hall–Kier alpha value is -2.61. The van der Waals surface area contributed by atoms with E-state index in [9.17, 15) is 0 Å². The van der Waals surface area contributed by atoms with Gasteiger partial charge in [-0.3, -0.25) is 9.29 Å². The molecule has 29 heavy (non-hydrogen) atoms. The standard InChI is InChI=1S/C22H24N6S/c1-27(2)29-17-10-8-16(9-11-17)24-21-14-20(18-5-3-4-12-23-18)25-22-13-19(15-6-7-15)26-28(21)22/h3-5,8-15,19,24,26H,6-7H2,1-2H3. The Labute approximate surface area is 175 Å². The third-order valence-corrected chi connectivity index (χ3v) is 5.91. The van der Waals surface area contributed by atoms with Crippen LogP contribution in [0.2, 0.25) is 0 Å². The summed E-state index contributed by atoms with van der Waals surface area (Å²) in [4.78, 5) is 10.6. The average Bonchev–Trinajstić information content (AvgIpc) is 3.48. The van der Waals surface area contributed by atoms with E-state index in [1.807, 2.05) is 32.3 Å². The smallest absolute Gasteiger partial charge is 0.147 e. The molecule has 1 atom stereocenters. The quantitative estimate of drug-likeness (QED) is 0.714. The van der Waals surface area contributed by atoms with Crippen LogP contribution in [-0.2, 0) is 0 Å². The van der Waals surface area contributed by atoms with Crippen molar-refractivity contribution in [1.29, 1.82) is 0 Å². The van der Waals surface area contributed by atoms with Gasteiger partial charge < -0.3 is 5.32 Å². The van der Waals surface area contributed by atoms with E-state index in [1.165, 1.54) is 17.7 Å². The minimum absolute atomic E-state index is 0.348. The van der Waals surface area contributed by atoms with E-state index in [4.69, 9.17) is 4.99 Å². The van der Waals surface area contributed by atoms with Gasteiger partial charge in [0.25, 0.3) is 0 Å². The van der Waals surface area contributed by atoms with Crippen molar-refractivity contribution in [2.75, 3.05) is 19.4 Å². The van der Waals surface area contributed by atoms with Gasteiger partial charge in [-0.2, -0.15) is 0 Å². The molecule has 7 heteroatoms. The lowest BCUT2D eigenvalue weighted by Gasteiger charge is -2.29. The number of allylic oxidation sites excluding steroid dienone is 1. The second-order valence-corrected chi connectivity index (χ2v) is 9.03. The number of hydrazine groups is 1. The fourth-order valence-corrected chi connectivity index (χ4v) is 4.19. The van der Waals surface area contributed by atoms with Crippen LogP contribution in [0.5, 0.6) is 0 Å². The normalized spacial score (nSPS) is 20.9. The first kappa shape index (κ1) is 18.4. The predicted molar refractivity (Wildman–Crippen MR) is 118 cm³/mol. The lowest BCUT2D eigenvalue weighted by Crippen LogP contribution is -2.41. The van der Waals surface area contributed by atoms with Crippen LogP contribution in [0.4, 0.5) is 5.69 Å². The lowest BCUT2D eigenvalue weighted by atomic mass is 10.2. The highest BCUT2D eigenvalue weighted by molar-refractivity contribution is 7.97. The molecule has 3 heterocycles. The number of pyridine rings is 1. The number of nitrogens with zero attached hydrogens (tertiary/aromatic N) is 4. The molecule has 0 spiro atoms. The van der Waals surface area contributed by atoms with E-state index in [0.717, 1.165) is 28.7 Å². The van der Waals surface area contributed by atoms with Crippen LogP contribution in [0.25, 0.3) is 0 Å². The van der Waals surface area contributed by atoms with Gasteiger partial charge in [0.2, 0.25) is 0 Å². The van der Waals surface area contributed by atoms with Crippen molar-refractivity contribution in [3.8, 4) is 0 Å². The molecule has 148 valence electrons. The molecule has 5 rings (SSSR count). The summed E-state index contributed by atoms with van der Waals surface area (Å²) in [6, 6.07) is 14.7. The first-order chi connectivity index (χ1) is 14.2. The van der Waals surface area contributed by atoms with Crippen molar-refractivity contribution in [2.45, 2.75) is 23.8 Å². The maximum atomic E-state index is 4.87. The minimum atomic E-state index is 0.348. The van der Waals surface area contributed by atoms with E-state index in [-0.39, 0.29) is 0 Å². The van der Waals surface area contributed by atoms with Crippen molar-refractivity contribution in [3.05, 3.63) is 78.1 Å². The highest BCUT2D eigenvalue weighted by atomic mass is 32.2. The molecule has 2 N–H and O–H groups in total. The van der Waals surface area contributed by atoms with Gasteiger partial charge in [-0.1, -0.05) is 6.07 Å². The van der Waals surface area contributed by atoms with Gasteiger partial charge in [-0.15, -0.1) is 0 Å². The molecule has 0 bridgehead atoms. The lowest BCUT2D eigenvalue weighted by molar-refractivity contribution is 0.304. The number of benzene rings is 1. The van der Waals surface area contributed by atoms with Crippen LogP contribution < -0.4 is 10.7 Å². The Morgan fingerprint density at radius 1 is 1.14 bits per heavy atom. The van der Waals surface area contributed by atoms with Crippen molar-refractivity contribution in [3.63, 3.8) is 0 Å². The van der Waals surface area contributed by atoms with Crippen LogP contribution in [0, 0.1) is 5.92 Å². The molecule has 1 unspecified atom stereocenters. The fourth-order valence-electron chi connectivity index (χ4n) is 3.51. The van der Waals surface area contributed by atoms with Crippen LogP contribution in [0.1, 0.15) is 18.5 Å². The number of aromatic nitrogens is 1. The number of nitrogens with one attached hydrogen (secondary N) is 2. The number of anilines is 1. The van der Waals surface area contributed by atoms with E-state index in [1.54, 1.807) is 18.1 Å². The summed E-state index contributed by atoms with van der Waals surface area (Å²) in [7, 11) is 4.09. The summed E-state index contributed by atoms with van der Waals surface area (Å²) in [5.41, 5.74) is 6.39. The van der Waals surface area contributed by atoms with Gasteiger partial charge >= 0.3 is 0 Å². The Balaban J connectivity index is 1.43. The maximum absolute atomic E-state index is 4.87. The number of hydrogen-bond donors (Lipinski definition) is 2. The molecule has 1 saturated carbocycles. The molecule has 2 aromatic rings. The van der Waals surface area contributed by atoms with Crippen LogP contribution in [0.3, 0.4) is 0 Å². The fraction of sp³-hybridized carbons (Fsp3) is 0.273. The zero-order chi connectivity index (χ0) is 19.8. The number of fused-ring (bicyclic) bond motifs is 1. The molecule has 1 fully saturated rings. The van der Waals surface area contributed by atoms with Gasteiger partial charge in [-0.25, -0.2) is 15.4 Å². The molecule has 2 aliphatic heterocycles. The molecular weight excluding hydrogens is 380 g/mol. The van der Waals surface area contributed by atoms with E-state index < -0.39 is 0 Å². The average molecular weight is 405 g/mol. The Morgan fingerprint density at radius 2 is 1.97 bits per heavy atom. The summed E-state index contributed by atoms with van der Waals surface area (Å²) in [6.45, 7) is 0. The minimum Gasteiger partial charge on any atom is -0.340 e. The second-order valence-electron chi connectivity index (χ2n) is 7.65.